The largest absolute Gasteiger partial charge is 0.391 e. The molecule has 1 aliphatic heterocycles. The Hall–Kier alpha value is -1.96. The number of hydrogen-bond acceptors (Lipinski definition) is 5. The van der Waals surface area contributed by atoms with Crippen LogP contribution in [-0.2, 0) is 0 Å². The van der Waals surface area contributed by atoms with Gasteiger partial charge < -0.3 is 15.3 Å². The van der Waals surface area contributed by atoms with Gasteiger partial charge in [0.1, 0.15) is 5.82 Å². The molecular weight excluding hydrogens is 389 g/mol. The summed E-state index contributed by atoms with van der Waals surface area (Å²) in [7, 11) is 0. The maximum absolute atomic E-state index is 13.3. The Balaban J connectivity index is 1.28. The van der Waals surface area contributed by atoms with Crippen LogP contribution in [0.3, 0.4) is 0 Å². The van der Waals surface area contributed by atoms with Gasteiger partial charge in [0.15, 0.2) is 0 Å². The number of pyridine rings is 1. The summed E-state index contributed by atoms with van der Waals surface area (Å²) in [5.74, 6) is 1.06. The number of aromatic nitrogens is 1. The van der Waals surface area contributed by atoms with Crippen molar-refractivity contribution >= 4 is 17.7 Å². The van der Waals surface area contributed by atoms with Crippen LogP contribution in [-0.4, -0.2) is 58.4 Å². The van der Waals surface area contributed by atoms with E-state index in [9.17, 15) is 14.3 Å². The van der Waals surface area contributed by atoms with E-state index in [0.29, 0.717) is 18.3 Å². The first-order valence-electron chi connectivity index (χ1n) is 10.1. The number of aliphatic hydroxyl groups is 1. The summed E-state index contributed by atoms with van der Waals surface area (Å²) in [6.45, 7) is 3.03. The maximum Gasteiger partial charge on any atom is 0.253 e. The van der Waals surface area contributed by atoms with Gasteiger partial charge in [-0.15, -0.1) is 11.8 Å². The first-order chi connectivity index (χ1) is 14.1. The number of fused-ring (bicyclic) bond motifs is 1. The van der Waals surface area contributed by atoms with Crippen molar-refractivity contribution < 1.29 is 14.3 Å². The lowest BCUT2D eigenvalue weighted by molar-refractivity contribution is 0.0461. The average Bonchev–Trinajstić information content (AvgIpc) is 3.10. The van der Waals surface area contributed by atoms with Gasteiger partial charge >= 0.3 is 0 Å². The van der Waals surface area contributed by atoms with Gasteiger partial charge in [0.2, 0.25) is 0 Å². The fourth-order valence-corrected chi connectivity index (χ4v) is 5.40. The molecule has 5 nitrogen and oxygen atoms in total. The van der Waals surface area contributed by atoms with Crippen LogP contribution in [0, 0.1) is 17.7 Å². The van der Waals surface area contributed by atoms with Crippen LogP contribution in [0.4, 0.5) is 4.39 Å². The molecule has 0 spiro atoms. The summed E-state index contributed by atoms with van der Waals surface area (Å²) in [4.78, 5) is 19.9. The van der Waals surface area contributed by atoms with Crippen molar-refractivity contribution in [3.05, 3.63) is 60.2 Å². The Labute approximate surface area is 174 Å². The predicted octanol–water partition coefficient (Wildman–Crippen LogP) is 2.81. The molecule has 0 radical (unpaired) electrons. The lowest BCUT2D eigenvalue weighted by Crippen LogP contribution is -2.49. The first-order valence-corrected chi connectivity index (χ1v) is 11.1. The van der Waals surface area contributed by atoms with Crippen molar-refractivity contribution in [3.8, 4) is 0 Å². The third-order valence-corrected chi connectivity index (χ3v) is 6.91. The third kappa shape index (κ3) is 5.15. The van der Waals surface area contributed by atoms with Crippen molar-refractivity contribution in [1.29, 1.82) is 0 Å². The lowest BCUT2D eigenvalue weighted by Gasteiger charge is -2.35. The number of rotatable bonds is 6. The zero-order valence-electron chi connectivity index (χ0n) is 16.2. The Morgan fingerprint density at radius 1 is 1.21 bits per heavy atom. The molecule has 1 aliphatic carbocycles. The van der Waals surface area contributed by atoms with Crippen molar-refractivity contribution in [2.75, 3.05) is 25.4 Å². The summed E-state index contributed by atoms with van der Waals surface area (Å²) >= 11 is 1.86. The van der Waals surface area contributed by atoms with Gasteiger partial charge in [0.25, 0.3) is 5.91 Å². The van der Waals surface area contributed by atoms with Gasteiger partial charge in [-0.25, -0.2) is 4.39 Å². The maximum atomic E-state index is 13.3. The number of nitrogens with one attached hydrogen (secondary N) is 1. The van der Waals surface area contributed by atoms with Crippen molar-refractivity contribution in [3.63, 3.8) is 0 Å². The van der Waals surface area contributed by atoms with Crippen molar-refractivity contribution in [1.82, 2.24) is 15.2 Å². The van der Waals surface area contributed by atoms with E-state index in [4.69, 9.17) is 0 Å². The highest BCUT2D eigenvalue weighted by Gasteiger charge is 2.42. The highest BCUT2D eigenvalue weighted by atomic mass is 32.2. The monoisotopic (exact) mass is 415 g/mol. The molecule has 2 aromatic rings. The summed E-state index contributed by atoms with van der Waals surface area (Å²) < 4.78 is 13.3. The van der Waals surface area contributed by atoms with E-state index < -0.39 is 11.9 Å². The van der Waals surface area contributed by atoms with Crippen LogP contribution in [0.2, 0.25) is 0 Å². The van der Waals surface area contributed by atoms with E-state index >= 15 is 0 Å². The number of benzene rings is 1. The van der Waals surface area contributed by atoms with Gasteiger partial charge in [-0.2, -0.15) is 0 Å². The second kappa shape index (κ2) is 9.24. The Bertz CT molecular complexity index is 838. The number of aliphatic hydroxyl groups excluding tert-OH is 1. The molecule has 1 aromatic heterocycles. The Kier molecular flexibility index (Phi) is 6.47. The van der Waals surface area contributed by atoms with Gasteiger partial charge in [-0.1, -0.05) is 18.2 Å². The molecule has 2 heterocycles. The molecule has 2 N–H and O–H groups in total. The summed E-state index contributed by atoms with van der Waals surface area (Å²) in [5, 5.41) is 13.4. The fraction of sp³-hybridized carbons (Fsp3) is 0.455. The number of amides is 1. The molecule has 1 saturated heterocycles. The minimum absolute atomic E-state index is 0.185. The predicted molar refractivity (Wildman–Crippen MR) is 111 cm³/mol. The topological polar surface area (TPSA) is 65.5 Å². The molecule has 0 unspecified atom stereocenters. The van der Waals surface area contributed by atoms with Crippen LogP contribution < -0.4 is 5.32 Å². The molecule has 2 fully saturated rings. The second-order valence-electron chi connectivity index (χ2n) is 7.95. The molecular formula is C22H26FN3O2S. The normalized spacial score (nSPS) is 26.8. The number of carbonyl (C=O) groups excluding carboxylic acids is 1. The van der Waals surface area contributed by atoms with Gasteiger partial charge in [-0.05, 0) is 42.9 Å². The van der Waals surface area contributed by atoms with E-state index in [2.05, 4.69) is 39.5 Å². The Morgan fingerprint density at radius 2 is 1.97 bits per heavy atom. The highest BCUT2D eigenvalue weighted by molar-refractivity contribution is 7.99. The molecule has 1 amide bonds. The van der Waals surface area contributed by atoms with Crippen LogP contribution in [0.5, 0.6) is 0 Å². The SMILES string of the molecule is O=C(N[C@H]1C[C@H]2CN(CCSc3ccccc3)C[C@H]2C[C@@H]1O)c1cncc(F)c1. The first kappa shape index (κ1) is 20.3. The van der Waals surface area contributed by atoms with E-state index in [1.807, 2.05) is 17.8 Å². The summed E-state index contributed by atoms with van der Waals surface area (Å²) in [6, 6.07) is 11.3. The van der Waals surface area contributed by atoms with Crippen molar-refractivity contribution in [2.45, 2.75) is 29.9 Å². The molecule has 1 saturated carbocycles. The number of carbonyl (C=O) groups is 1. The Morgan fingerprint density at radius 3 is 2.72 bits per heavy atom. The summed E-state index contributed by atoms with van der Waals surface area (Å²) in [6.07, 6.45) is 3.29. The van der Waals surface area contributed by atoms with Crippen LogP contribution >= 0.6 is 11.8 Å². The zero-order chi connectivity index (χ0) is 20.2. The minimum atomic E-state index is -0.569. The van der Waals surface area contributed by atoms with E-state index in [1.54, 1.807) is 0 Å². The van der Waals surface area contributed by atoms with Crippen molar-refractivity contribution in [2.24, 2.45) is 11.8 Å². The molecule has 4 rings (SSSR count). The number of halogens is 1. The molecule has 0 bridgehead atoms. The van der Waals surface area contributed by atoms with Gasteiger partial charge in [0.05, 0.1) is 23.9 Å². The molecule has 4 atom stereocenters. The number of nitrogens with zero attached hydrogens (tertiary/aromatic N) is 2. The van der Waals surface area contributed by atoms with Crippen LogP contribution in [0.25, 0.3) is 0 Å². The molecule has 7 heteroatoms. The number of thioether (sulfide) groups is 1. The second-order valence-corrected chi connectivity index (χ2v) is 9.12. The average molecular weight is 416 g/mol. The number of likely N-dealkylation sites (tertiary alicyclic amines) is 1. The highest BCUT2D eigenvalue weighted by Crippen LogP contribution is 2.36. The molecule has 29 heavy (non-hydrogen) atoms. The molecule has 1 aromatic carbocycles. The van der Waals surface area contributed by atoms with E-state index in [-0.39, 0.29) is 17.5 Å². The standard InChI is InChI=1S/C22H26FN3O2S/c23-18-8-15(11-24-12-18)22(28)25-20-9-16-13-26(14-17(16)10-21(20)27)6-7-29-19-4-2-1-3-5-19/h1-5,8,11-12,16-17,20-21,27H,6-7,9-10,13-14H2,(H,25,28)/t16-,17+,20-,21-/m0/s1. The lowest BCUT2D eigenvalue weighted by atomic mass is 9.77. The van der Waals surface area contributed by atoms with Gasteiger partial charge in [0, 0.05) is 36.5 Å². The smallest absolute Gasteiger partial charge is 0.253 e. The molecule has 2 aliphatic rings. The third-order valence-electron chi connectivity index (χ3n) is 5.92. The summed E-state index contributed by atoms with van der Waals surface area (Å²) in [5.41, 5.74) is 0.185. The molecule has 154 valence electrons. The van der Waals surface area contributed by atoms with E-state index in [1.165, 1.54) is 17.2 Å². The fourth-order valence-electron chi connectivity index (χ4n) is 4.46. The number of hydrogen-bond donors (Lipinski definition) is 2. The minimum Gasteiger partial charge on any atom is -0.391 e. The van der Waals surface area contributed by atoms with Crippen LogP contribution in [0.15, 0.2) is 53.7 Å². The zero-order valence-corrected chi connectivity index (χ0v) is 17.0. The van der Waals surface area contributed by atoms with E-state index in [0.717, 1.165) is 38.0 Å². The van der Waals surface area contributed by atoms with Crippen LogP contribution in [0.1, 0.15) is 23.2 Å². The van der Waals surface area contributed by atoms with Gasteiger partial charge in [-0.3, -0.25) is 9.78 Å². The quantitative estimate of drug-likeness (QED) is 0.711.